The zero-order valence-corrected chi connectivity index (χ0v) is 16.9. The Kier molecular flexibility index (Phi) is 5.15. The minimum absolute atomic E-state index is 0.0146. The van der Waals surface area contributed by atoms with E-state index in [4.69, 9.17) is 4.74 Å². The number of ether oxygens (including phenoxy) is 1. The molecule has 1 N–H and O–H groups in total. The van der Waals surface area contributed by atoms with Crippen molar-refractivity contribution in [2.45, 2.75) is 12.6 Å². The van der Waals surface area contributed by atoms with Gasteiger partial charge in [-0.3, -0.25) is 9.59 Å². The van der Waals surface area contributed by atoms with Crippen LogP contribution in [0.5, 0.6) is 0 Å². The summed E-state index contributed by atoms with van der Waals surface area (Å²) in [4.78, 5) is 28.9. The van der Waals surface area contributed by atoms with E-state index in [2.05, 4.69) is 20.9 Å². The Morgan fingerprint density at radius 3 is 2.43 bits per heavy atom. The minimum atomic E-state index is -1.19. The molecule has 2 aromatic carbocycles. The maximum absolute atomic E-state index is 14.3. The molecule has 0 fully saturated rings. The Balaban J connectivity index is 1.86. The summed E-state index contributed by atoms with van der Waals surface area (Å²) in [6, 6.07) is 2.41. The predicted octanol–water partition coefficient (Wildman–Crippen LogP) is 4.19. The van der Waals surface area contributed by atoms with Crippen molar-refractivity contribution >= 4 is 32.6 Å². The molecule has 4 rings (SSSR count). The summed E-state index contributed by atoms with van der Waals surface area (Å²) in [5.74, 6) is -4.94. The zero-order valence-electron chi connectivity index (χ0n) is 15.4. The number of hydrogen-bond acceptors (Lipinski definition) is 3. The molecule has 0 radical (unpaired) electrons. The fraction of sp³-hybridized carbons (Fsp3) is 0.200. The van der Waals surface area contributed by atoms with Crippen LogP contribution in [0.1, 0.15) is 27.7 Å². The first-order valence-corrected chi connectivity index (χ1v) is 9.51. The molecule has 3 aromatic rings. The second-order valence-electron chi connectivity index (χ2n) is 6.85. The van der Waals surface area contributed by atoms with E-state index >= 15 is 0 Å². The second kappa shape index (κ2) is 7.51. The predicted molar refractivity (Wildman–Crippen MR) is 103 cm³/mol. The molecule has 0 spiro atoms. The lowest BCUT2D eigenvalue weighted by atomic mass is 9.95. The SMILES string of the molecule is CN(C(=O)c1cc(F)c(Br)cc1F)[C@@H]1COCc2[nH]c(=O)c3cc(F)c(F)cc3c21. The number of carbonyl (C=O) groups is 1. The summed E-state index contributed by atoms with van der Waals surface area (Å²) in [5.41, 5.74) is -0.501. The van der Waals surface area contributed by atoms with Gasteiger partial charge in [-0.1, -0.05) is 0 Å². The smallest absolute Gasteiger partial charge is 0.257 e. The second-order valence-corrected chi connectivity index (χ2v) is 7.71. The summed E-state index contributed by atoms with van der Waals surface area (Å²) in [6.07, 6.45) is 0. The molecule has 1 aromatic heterocycles. The van der Waals surface area contributed by atoms with Gasteiger partial charge in [0.15, 0.2) is 11.6 Å². The Morgan fingerprint density at radius 1 is 1.07 bits per heavy atom. The number of H-pyrrole nitrogens is 1. The van der Waals surface area contributed by atoms with Crippen LogP contribution in [-0.4, -0.2) is 29.4 Å². The third-order valence-electron chi connectivity index (χ3n) is 5.07. The third-order valence-corrected chi connectivity index (χ3v) is 5.68. The van der Waals surface area contributed by atoms with Crippen molar-refractivity contribution in [3.05, 3.63) is 79.2 Å². The number of halogens is 5. The maximum atomic E-state index is 14.3. The van der Waals surface area contributed by atoms with Gasteiger partial charge in [0.25, 0.3) is 11.5 Å². The molecule has 0 saturated heterocycles. The Bertz CT molecular complexity index is 1260. The quantitative estimate of drug-likeness (QED) is 0.438. The topological polar surface area (TPSA) is 62.4 Å². The number of hydrogen-bond donors (Lipinski definition) is 1. The van der Waals surface area contributed by atoms with E-state index in [1.165, 1.54) is 7.05 Å². The van der Waals surface area contributed by atoms with E-state index in [0.717, 1.165) is 29.2 Å². The van der Waals surface area contributed by atoms with E-state index < -0.39 is 46.3 Å². The molecule has 0 bridgehead atoms. The molecule has 0 saturated carbocycles. The van der Waals surface area contributed by atoms with Crippen molar-refractivity contribution in [3.63, 3.8) is 0 Å². The third kappa shape index (κ3) is 3.29. The van der Waals surface area contributed by atoms with E-state index in [1.54, 1.807) is 0 Å². The van der Waals surface area contributed by atoms with Gasteiger partial charge in [-0.05, 0) is 45.6 Å². The summed E-state index contributed by atoms with van der Waals surface area (Å²) in [7, 11) is 1.35. The lowest BCUT2D eigenvalue weighted by Crippen LogP contribution is -2.38. The summed E-state index contributed by atoms with van der Waals surface area (Å²) < 4.78 is 61.1. The van der Waals surface area contributed by atoms with Crippen LogP contribution in [0.25, 0.3) is 10.8 Å². The van der Waals surface area contributed by atoms with E-state index in [1.807, 2.05) is 0 Å². The molecule has 1 aliphatic heterocycles. The van der Waals surface area contributed by atoms with E-state index in [9.17, 15) is 27.2 Å². The Morgan fingerprint density at radius 2 is 1.73 bits per heavy atom. The number of fused-ring (bicyclic) bond motifs is 3. The Labute approximate surface area is 175 Å². The maximum Gasteiger partial charge on any atom is 0.257 e. The molecule has 1 aliphatic rings. The van der Waals surface area contributed by atoms with Gasteiger partial charge in [0.1, 0.15) is 11.6 Å². The highest BCUT2D eigenvalue weighted by atomic mass is 79.9. The lowest BCUT2D eigenvalue weighted by Gasteiger charge is -2.34. The number of nitrogens with zero attached hydrogens (tertiary/aromatic N) is 1. The van der Waals surface area contributed by atoms with E-state index in [-0.39, 0.29) is 34.2 Å². The summed E-state index contributed by atoms with van der Waals surface area (Å²) >= 11 is 2.85. The molecular weight excluding hydrogens is 472 g/mol. The van der Waals surface area contributed by atoms with Crippen molar-refractivity contribution in [3.8, 4) is 0 Å². The molecule has 0 aliphatic carbocycles. The number of carbonyl (C=O) groups excluding carboxylic acids is 1. The van der Waals surface area contributed by atoms with Crippen LogP contribution in [0, 0.1) is 23.3 Å². The summed E-state index contributed by atoms with van der Waals surface area (Å²) in [6.45, 7) is -0.0602. The normalized spacial score (nSPS) is 15.9. The van der Waals surface area contributed by atoms with Crippen molar-refractivity contribution < 1.29 is 27.1 Å². The van der Waals surface area contributed by atoms with Crippen LogP contribution in [0.2, 0.25) is 0 Å². The summed E-state index contributed by atoms with van der Waals surface area (Å²) in [5, 5.41) is 0.0179. The highest BCUT2D eigenvalue weighted by molar-refractivity contribution is 9.10. The number of benzene rings is 2. The van der Waals surface area contributed by atoms with Crippen LogP contribution in [0.15, 0.2) is 33.5 Å². The molecule has 1 atom stereocenters. The van der Waals surface area contributed by atoms with Crippen molar-refractivity contribution in [1.82, 2.24) is 9.88 Å². The first kappa shape index (κ1) is 20.5. The molecule has 10 heteroatoms. The van der Waals surface area contributed by atoms with Gasteiger partial charge in [0.05, 0.1) is 34.7 Å². The number of rotatable bonds is 2. The number of pyridine rings is 1. The van der Waals surface area contributed by atoms with Crippen LogP contribution >= 0.6 is 15.9 Å². The standard InChI is InChI=1S/C20H13BrF4N2O3/c1-27(20(29)10-4-13(23)11(21)5-12(10)22)17-7-30-6-16-18(17)8-2-14(24)15(25)3-9(8)19(28)26-16/h2-5,17H,6-7H2,1H3,(H,26,28)/t17-/m1/s1. The number of nitrogens with one attached hydrogen (secondary N) is 1. The first-order chi connectivity index (χ1) is 14.2. The van der Waals surface area contributed by atoms with Gasteiger partial charge in [0.2, 0.25) is 0 Å². The lowest BCUT2D eigenvalue weighted by molar-refractivity contribution is 0.0333. The van der Waals surface area contributed by atoms with Crippen LogP contribution in [0.4, 0.5) is 17.6 Å². The molecule has 30 heavy (non-hydrogen) atoms. The van der Waals surface area contributed by atoms with Gasteiger partial charge < -0.3 is 14.6 Å². The van der Waals surface area contributed by atoms with Gasteiger partial charge in [-0.15, -0.1) is 0 Å². The molecular formula is C20H13BrF4N2O3. The van der Waals surface area contributed by atoms with Gasteiger partial charge >= 0.3 is 0 Å². The molecule has 156 valence electrons. The first-order valence-electron chi connectivity index (χ1n) is 8.72. The molecule has 5 nitrogen and oxygen atoms in total. The van der Waals surface area contributed by atoms with Crippen molar-refractivity contribution in [2.75, 3.05) is 13.7 Å². The molecule has 2 heterocycles. The highest BCUT2D eigenvalue weighted by Crippen LogP contribution is 2.34. The number of aromatic amines is 1. The van der Waals surface area contributed by atoms with Crippen molar-refractivity contribution in [2.24, 2.45) is 0 Å². The largest absolute Gasteiger partial charge is 0.373 e. The number of amides is 1. The van der Waals surface area contributed by atoms with Crippen LogP contribution < -0.4 is 5.56 Å². The number of aromatic nitrogens is 1. The number of likely N-dealkylation sites (N-methyl/N-ethyl adjacent to an activating group) is 1. The minimum Gasteiger partial charge on any atom is -0.373 e. The molecule has 1 amide bonds. The highest BCUT2D eigenvalue weighted by Gasteiger charge is 2.32. The average molecular weight is 485 g/mol. The van der Waals surface area contributed by atoms with Gasteiger partial charge in [0, 0.05) is 18.3 Å². The molecule has 0 unspecified atom stereocenters. The Hall–Kier alpha value is -2.72. The van der Waals surface area contributed by atoms with Crippen LogP contribution in [0.3, 0.4) is 0 Å². The van der Waals surface area contributed by atoms with Gasteiger partial charge in [-0.2, -0.15) is 0 Å². The monoisotopic (exact) mass is 484 g/mol. The average Bonchev–Trinajstić information content (AvgIpc) is 2.70. The van der Waals surface area contributed by atoms with E-state index in [0.29, 0.717) is 5.56 Å². The fourth-order valence-electron chi connectivity index (χ4n) is 3.57. The zero-order chi connectivity index (χ0) is 21.7. The van der Waals surface area contributed by atoms with Gasteiger partial charge in [-0.25, -0.2) is 17.6 Å². The fourth-order valence-corrected chi connectivity index (χ4v) is 3.88. The van der Waals surface area contributed by atoms with Crippen LogP contribution in [-0.2, 0) is 11.3 Å². The van der Waals surface area contributed by atoms with Crippen molar-refractivity contribution in [1.29, 1.82) is 0 Å².